The van der Waals surface area contributed by atoms with Gasteiger partial charge in [0, 0.05) is 13.1 Å². The highest BCUT2D eigenvalue weighted by Gasteiger charge is 2.19. The lowest BCUT2D eigenvalue weighted by atomic mass is 10.0. The Balaban J connectivity index is 2.90. The van der Waals surface area contributed by atoms with Crippen LogP contribution >= 0.6 is 11.3 Å². The van der Waals surface area contributed by atoms with Gasteiger partial charge in [0.25, 0.3) is 5.91 Å². The van der Waals surface area contributed by atoms with Crippen molar-refractivity contribution in [2.75, 3.05) is 19.6 Å². The molecule has 0 radical (unpaired) electrons. The number of thiophene rings is 1. The third-order valence-electron chi connectivity index (χ3n) is 3.73. The third kappa shape index (κ3) is 4.87. The molecule has 0 bridgehead atoms. The molecule has 0 aliphatic carbocycles. The van der Waals surface area contributed by atoms with E-state index in [1.165, 1.54) is 11.3 Å². The average molecular weight is 306 g/mol. The van der Waals surface area contributed by atoms with Crippen molar-refractivity contribution in [1.82, 2.24) is 4.90 Å². The van der Waals surface area contributed by atoms with Gasteiger partial charge in [-0.3, -0.25) is 4.79 Å². The molecule has 0 spiro atoms. The van der Waals surface area contributed by atoms with Gasteiger partial charge in [-0.2, -0.15) is 0 Å². The van der Waals surface area contributed by atoms with Crippen molar-refractivity contribution in [2.45, 2.75) is 40.5 Å². The Kier molecular flexibility index (Phi) is 7.49. The first-order valence-corrected chi connectivity index (χ1v) is 8.47. The molecule has 2 N–H and O–H groups in total. The van der Waals surface area contributed by atoms with Crippen molar-refractivity contribution in [1.29, 1.82) is 0 Å². The van der Waals surface area contributed by atoms with Crippen molar-refractivity contribution in [3.8, 4) is 11.8 Å². The van der Waals surface area contributed by atoms with Gasteiger partial charge >= 0.3 is 0 Å². The zero-order chi connectivity index (χ0) is 15.8. The van der Waals surface area contributed by atoms with Crippen LogP contribution in [0.3, 0.4) is 0 Å². The monoisotopic (exact) mass is 306 g/mol. The lowest BCUT2D eigenvalue weighted by Gasteiger charge is -2.25. The van der Waals surface area contributed by atoms with Crippen LogP contribution in [0, 0.1) is 24.7 Å². The highest BCUT2D eigenvalue weighted by Crippen LogP contribution is 2.23. The Morgan fingerprint density at radius 2 is 2.05 bits per heavy atom. The number of hydrogen-bond acceptors (Lipinski definition) is 3. The summed E-state index contributed by atoms with van der Waals surface area (Å²) >= 11 is 1.47. The van der Waals surface area contributed by atoms with Crippen molar-refractivity contribution in [2.24, 2.45) is 11.7 Å². The minimum Gasteiger partial charge on any atom is -0.338 e. The molecule has 0 atom stereocenters. The van der Waals surface area contributed by atoms with Gasteiger partial charge in [-0.15, -0.1) is 11.3 Å². The van der Waals surface area contributed by atoms with Gasteiger partial charge in [0.05, 0.1) is 16.3 Å². The first kappa shape index (κ1) is 17.7. The molecular formula is C17H26N2OS. The van der Waals surface area contributed by atoms with Crippen molar-refractivity contribution in [3.63, 3.8) is 0 Å². The summed E-state index contributed by atoms with van der Waals surface area (Å²) in [5.41, 5.74) is 6.46. The quantitative estimate of drug-likeness (QED) is 0.820. The Labute approximate surface area is 132 Å². The minimum atomic E-state index is 0.123. The Hall–Kier alpha value is -1.31. The summed E-state index contributed by atoms with van der Waals surface area (Å²) in [4.78, 5) is 16.3. The SMILES string of the molecule is CCC(CC)CN(CC)C(=O)c1cc(C)c(C#CCN)s1. The molecule has 0 saturated heterocycles. The summed E-state index contributed by atoms with van der Waals surface area (Å²) in [7, 11) is 0. The van der Waals surface area contributed by atoms with Gasteiger partial charge in [-0.1, -0.05) is 38.5 Å². The van der Waals surface area contributed by atoms with Crippen molar-refractivity contribution < 1.29 is 4.79 Å². The summed E-state index contributed by atoms with van der Waals surface area (Å²) in [6.45, 7) is 10.3. The number of nitrogens with two attached hydrogens (primary N) is 1. The number of rotatable bonds is 6. The van der Waals surface area contributed by atoms with E-state index in [1.807, 2.05) is 24.8 Å². The van der Waals surface area contributed by atoms with Crippen LogP contribution < -0.4 is 5.73 Å². The molecule has 0 unspecified atom stereocenters. The number of carbonyl (C=O) groups excluding carboxylic acids is 1. The maximum absolute atomic E-state index is 12.6. The summed E-state index contributed by atoms with van der Waals surface area (Å²) in [5.74, 6) is 6.59. The number of amides is 1. The topological polar surface area (TPSA) is 46.3 Å². The molecule has 0 aliphatic rings. The van der Waals surface area contributed by atoms with Crippen LogP contribution in [0.2, 0.25) is 0 Å². The summed E-state index contributed by atoms with van der Waals surface area (Å²) < 4.78 is 0. The zero-order valence-corrected chi connectivity index (χ0v) is 14.3. The number of aryl methyl sites for hydroxylation is 1. The highest BCUT2D eigenvalue weighted by molar-refractivity contribution is 7.14. The van der Waals surface area contributed by atoms with Crippen LogP contribution in [-0.2, 0) is 0 Å². The van der Waals surface area contributed by atoms with Gasteiger partial charge in [0.15, 0.2) is 0 Å². The van der Waals surface area contributed by atoms with Gasteiger partial charge in [-0.25, -0.2) is 0 Å². The van der Waals surface area contributed by atoms with E-state index in [1.54, 1.807) is 0 Å². The van der Waals surface area contributed by atoms with Crippen LogP contribution in [0.5, 0.6) is 0 Å². The van der Waals surface area contributed by atoms with E-state index in [0.29, 0.717) is 12.5 Å². The second kappa shape index (κ2) is 8.86. The van der Waals surface area contributed by atoms with E-state index in [0.717, 1.165) is 41.2 Å². The summed E-state index contributed by atoms with van der Waals surface area (Å²) in [5, 5.41) is 0. The molecule has 0 aromatic carbocycles. The van der Waals surface area contributed by atoms with E-state index >= 15 is 0 Å². The maximum atomic E-state index is 12.6. The third-order valence-corrected chi connectivity index (χ3v) is 4.88. The van der Waals surface area contributed by atoms with Gasteiger partial charge < -0.3 is 10.6 Å². The minimum absolute atomic E-state index is 0.123. The van der Waals surface area contributed by atoms with E-state index in [4.69, 9.17) is 5.73 Å². The van der Waals surface area contributed by atoms with Gasteiger partial charge in [-0.05, 0) is 31.4 Å². The fourth-order valence-corrected chi connectivity index (χ4v) is 3.23. The molecule has 21 heavy (non-hydrogen) atoms. The second-order valence-corrected chi connectivity index (χ2v) is 6.21. The normalized spacial score (nSPS) is 10.4. The highest BCUT2D eigenvalue weighted by atomic mass is 32.1. The molecule has 1 rings (SSSR count). The second-order valence-electron chi connectivity index (χ2n) is 5.15. The lowest BCUT2D eigenvalue weighted by Crippen LogP contribution is -2.34. The number of nitrogens with zero attached hydrogens (tertiary/aromatic N) is 1. The van der Waals surface area contributed by atoms with Crippen LogP contribution in [0.15, 0.2) is 6.07 Å². The molecule has 4 heteroatoms. The molecule has 1 amide bonds. The van der Waals surface area contributed by atoms with Crippen molar-refractivity contribution >= 4 is 17.2 Å². The lowest BCUT2D eigenvalue weighted by molar-refractivity contribution is 0.0740. The fraction of sp³-hybridized carbons (Fsp3) is 0.588. The standard InChI is InChI=1S/C17H26N2OS/c1-5-14(6-2)12-19(7-3)17(20)16-11-13(4)15(21-16)9-8-10-18/h11,14H,5-7,10,12,18H2,1-4H3. The Morgan fingerprint density at radius 1 is 1.38 bits per heavy atom. The zero-order valence-electron chi connectivity index (χ0n) is 13.5. The van der Waals surface area contributed by atoms with Crippen molar-refractivity contribution in [3.05, 3.63) is 21.4 Å². The van der Waals surface area contributed by atoms with Gasteiger partial charge in [0.2, 0.25) is 0 Å². The van der Waals surface area contributed by atoms with Crippen LogP contribution in [0.25, 0.3) is 0 Å². The van der Waals surface area contributed by atoms with E-state index in [9.17, 15) is 4.79 Å². The predicted molar refractivity (Wildman–Crippen MR) is 90.6 cm³/mol. The first-order chi connectivity index (χ1) is 10.1. The Morgan fingerprint density at radius 3 is 2.57 bits per heavy atom. The number of carbonyl (C=O) groups is 1. The average Bonchev–Trinajstić information content (AvgIpc) is 2.87. The molecule has 0 saturated carbocycles. The largest absolute Gasteiger partial charge is 0.338 e. The van der Waals surface area contributed by atoms with E-state index in [-0.39, 0.29) is 5.91 Å². The van der Waals surface area contributed by atoms with Crippen LogP contribution in [0.1, 0.15) is 53.7 Å². The maximum Gasteiger partial charge on any atom is 0.263 e. The molecule has 3 nitrogen and oxygen atoms in total. The number of hydrogen-bond donors (Lipinski definition) is 1. The van der Waals surface area contributed by atoms with Crippen LogP contribution in [-0.4, -0.2) is 30.4 Å². The van der Waals surface area contributed by atoms with Crippen LogP contribution in [0.4, 0.5) is 0 Å². The van der Waals surface area contributed by atoms with E-state index in [2.05, 4.69) is 25.7 Å². The molecule has 1 aromatic rings. The predicted octanol–water partition coefficient (Wildman–Crippen LogP) is 3.27. The molecule has 0 fully saturated rings. The summed E-state index contributed by atoms with van der Waals surface area (Å²) in [6.07, 6.45) is 2.22. The molecule has 0 aliphatic heterocycles. The van der Waals surface area contributed by atoms with Gasteiger partial charge in [0.1, 0.15) is 0 Å². The molecular weight excluding hydrogens is 280 g/mol. The van der Waals surface area contributed by atoms with E-state index < -0.39 is 0 Å². The Bertz CT molecular complexity index is 521. The molecule has 1 aromatic heterocycles. The smallest absolute Gasteiger partial charge is 0.263 e. The fourth-order valence-electron chi connectivity index (χ4n) is 2.21. The molecule has 116 valence electrons. The first-order valence-electron chi connectivity index (χ1n) is 7.65. The summed E-state index contributed by atoms with van der Waals surface area (Å²) in [6, 6.07) is 1.95. The molecule has 1 heterocycles.